The summed E-state index contributed by atoms with van der Waals surface area (Å²) in [4.78, 5) is 13.1. The normalized spacial score (nSPS) is 10.1. The van der Waals surface area contributed by atoms with E-state index in [4.69, 9.17) is 9.47 Å². The Balaban J connectivity index is 3.52. The van der Waals surface area contributed by atoms with Gasteiger partial charge in [0.05, 0.1) is 19.4 Å². The van der Waals surface area contributed by atoms with Crippen molar-refractivity contribution in [2.75, 3.05) is 31.7 Å². The van der Waals surface area contributed by atoms with Crippen molar-refractivity contribution in [1.82, 2.24) is 0 Å². The predicted molar refractivity (Wildman–Crippen MR) is 74.8 cm³/mol. The monoisotopic (exact) mass is 267 g/mol. The van der Waals surface area contributed by atoms with E-state index in [9.17, 15) is 9.90 Å². The van der Waals surface area contributed by atoms with Crippen molar-refractivity contribution < 1.29 is 19.4 Å². The van der Waals surface area contributed by atoms with Crippen molar-refractivity contribution in [2.24, 2.45) is 0 Å². The van der Waals surface area contributed by atoms with Gasteiger partial charge in [-0.1, -0.05) is 0 Å². The summed E-state index contributed by atoms with van der Waals surface area (Å²) >= 11 is 0. The second kappa shape index (κ2) is 6.87. The maximum Gasteiger partial charge on any atom is 0.185 e. The van der Waals surface area contributed by atoms with Crippen LogP contribution in [0.5, 0.6) is 17.2 Å². The van der Waals surface area contributed by atoms with Gasteiger partial charge in [0.25, 0.3) is 0 Å². The zero-order valence-corrected chi connectivity index (χ0v) is 11.9. The summed E-state index contributed by atoms with van der Waals surface area (Å²) in [5, 5.41) is 9.94. The lowest BCUT2D eigenvalue weighted by Gasteiger charge is -2.26. The number of carbonyl (C=O) groups excluding carboxylic acids is 1. The van der Waals surface area contributed by atoms with E-state index in [1.54, 1.807) is 6.07 Å². The Hall–Kier alpha value is -1.91. The quantitative estimate of drug-likeness (QED) is 0.769. The van der Waals surface area contributed by atoms with Gasteiger partial charge in [0, 0.05) is 19.2 Å². The highest BCUT2D eigenvalue weighted by molar-refractivity contribution is 5.88. The number of rotatable bonds is 7. The van der Waals surface area contributed by atoms with Gasteiger partial charge >= 0.3 is 0 Å². The van der Waals surface area contributed by atoms with Crippen molar-refractivity contribution in [3.05, 3.63) is 11.6 Å². The van der Waals surface area contributed by atoms with Crippen LogP contribution < -0.4 is 14.4 Å². The fourth-order valence-electron chi connectivity index (χ4n) is 2.03. The number of methoxy groups -OCH3 is 1. The predicted octanol–water partition coefficient (Wildman–Crippen LogP) is 2.46. The zero-order chi connectivity index (χ0) is 14.4. The molecule has 0 aliphatic heterocycles. The van der Waals surface area contributed by atoms with Crippen LogP contribution in [0.2, 0.25) is 0 Å². The molecule has 106 valence electrons. The molecule has 1 N–H and O–H groups in total. The second-order valence-electron chi connectivity index (χ2n) is 3.91. The minimum atomic E-state index is -0.0998. The molecule has 0 spiro atoms. The van der Waals surface area contributed by atoms with Crippen LogP contribution in [0.4, 0.5) is 5.69 Å². The molecule has 0 radical (unpaired) electrons. The van der Waals surface area contributed by atoms with Crippen LogP contribution in [0, 0.1) is 0 Å². The first-order valence-corrected chi connectivity index (χ1v) is 6.41. The molecule has 0 fully saturated rings. The van der Waals surface area contributed by atoms with Crippen LogP contribution in [0.25, 0.3) is 0 Å². The molecule has 0 bridgehead atoms. The van der Waals surface area contributed by atoms with Gasteiger partial charge in [-0.15, -0.1) is 0 Å². The summed E-state index contributed by atoms with van der Waals surface area (Å²) in [6.07, 6.45) is 0.572. The lowest BCUT2D eigenvalue weighted by molar-refractivity contribution is 0.111. The number of phenols is 1. The summed E-state index contributed by atoms with van der Waals surface area (Å²) in [6.45, 7) is 7.86. The Morgan fingerprint density at radius 2 is 1.89 bits per heavy atom. The molecule has 0 saturated carbocycles. The fourth-order valence-corrected chi connectivity index (χ4v) is 2.03. The van der Waals surface area contributed by atoms with Crippen molar-refractivity contribution in [1.29, 1.82) is 0 Å². The molecule has 0 heterocycles. The highest BCUT2D eigenvalue weighted by atomic mass is 16.5. The van der Waals surface area contributed by atoms with E-state index in [0.717, 1.165) is 18.8 Å². The fraction of sp³-hybridized carbons (Fsp3) is 0.500. The zero-order valence-electron chi connectivity index (χ0n) is 11.9. The summed E-state index contributed by atoms with van der Waals surface area (Å²) < 4.78 is 10.8. The summed E-state index contributed by atoms with van der Waals surface area (Å²) in [7, 11) is 1.45. The van der Waals surface area contributed by atoms with Crippen LogP contribution >= 0.6 is 0 Å². The minimum Gasteiger partial charge on any atom is -0.507 e. The molecule has 5 nitrogen and oxygen atoms in total. The Morgan fingerprint density at radius 1 is 1.26 bits per heavy atom. The van der Waals surface area contributed by atoms with Gasteiger partial charge in [-0.3, -0.25) is 4.79 Å². The average molecular weight is 267 g/mol. The van der Waals surface area contributed by atoms with E-state index >= 15 is 0 Å². The number of anilines is 1. The summed E-state index contributed by atoms with van der Waals surface area (Å²) in [5.41, 5.74) is 0.841. The molecule has 5 heteroatoms. The summed E-state index contributed by atoms with van der Waals surface area (Å²) in [5.74, 6) is 0.671. The highest BCUT2D eigenvalue weighted by Gasteiger charge is 2.22. The molecule has 1 aromatic carbocycles. The van der Waals surface area contributed by atoms with E-state index in [1.807, 2.05) is 25.7 Å². The molecule has 19 heavy (non-hydrogen) atoms. The molecule has 1 aromatic rings. The Labute approximate surface area is 113 Å². The number of aromatic hydroxyl groups is 1. The molecular weight excluding hydrogens is 246 g/mol. The number of aldehydes is 1. The number of carbonyl (C=O) groups is 1. The van der Waals surface area contributed by atoms with E-state index in [-0.39, 0.29) is 17.1 Å². The maximum absolute atomic E-state index is 11.1. The lowest BCUT2D eigenvalue weighted by Crippen LogP contribution is -2.23. The Kier molecular flexibility index (Phi) is 5.48. The van der Waals surface area contributed by atoms with Crippen LogP contribution in [-0.4, -0.2) is 38.2 Å². The third-order valence-electron chi connectivity index (χ3n) is 2.95. The van der Waals surface area contributed by atoms with Crippen LogP contribution in [0.1, 0.15) is 31.1 Å². The van der Waals surface area contributed by atoms with E-state index < -0.39 is 0 Å². The average Bonchev–Trinajstić information content (AvgIpc) is 2.42. The number of benzene rings is 1. The molecular formula is C14H21NO4. The van der Waals surface area contributed by atoms with Gasteiger partial charge in [0.1, 0.15) is 11.3 Å². The van der Waals surface area contributed by atoms with E-state index in [0.29, 0.717) is 18.6 Å². The second-order valence-corrected chi connectivity index (χ2v) is 3.91. The topological polar surface area (TPSA) is 59.0 Å². The van der Waals surface area contributed by atoms with Crippen molar-refractivity contribution >= 4 is 12.0 Å². The third-order valence-corrected chi connectivity index (χ3v) is 2.95. The number of nitrogens with zero attached hydrogens (tertiary/aromatic N) is 1. The molecule has 0 amide bonds. The van der Waals surface area contributed by atoms with Crippen molar-refractivity contribution in [3.8, 4) is 17.2 Å². The highest BCUT2D eigenvalue weighted by Crippen LogP contribution is 2.44. The van der Waals surface area contributed by atoms with Gasteiger partial charge < -0.3 is 19.5 Å². The molecule has 0 aliphatic rings. The Bertz CT molecular complexity index is 442. The van der Waals surface area contributed by atoms with Gasteiger partial charge in [-0.05, 0) is 20.8 Å². The first-order valence-electron chi connectivity index (χ1n) is 6.41. The standard InChI is InChI=1S/C14H21NO4/c1-5-15(6-2)11-8-12(17)10(9-16)13(18-4)14(11)19-7-3/h8-9,17H,5-7H2,1-4H3. The molecule has 0 unspecified atom stereocenters. The largest absolute Gasteiger partial charge is 0.507 e. The number of ether oxygens (including phenoxy) is 2. The molecule has 0 saturated heterocycles. The van der Waals surface area contributed by atoms with Crippen LogP contribution in [0.3, 0.4) is 0 Å². The van der Waals surface area contributed by atoms with Crippen molar-refractivity contribution in [2.45, 2.75) is 20.8 Å². The maximum atomic E-state index is 11.1. The smallest absolute Gasteiger partial charge is 0.185 e. The minimum absolute atomic E-state index is 0.0998. The number of phenolic OH excluding ortho intramolecular Hbond substituents is 1. The van der Waals surface area contributed by atoms with Crippen molar-refractivity contribution in [3.63, 3.8) is 0 Å². The number of hydrogen-bond acceptors (Lipinski definition) is 5. The van der Waals surface area contributed by atoms with Crippen LogP contribution in [0.15, 0.2) is 6.07 Å². The number of hydrogen-bond donors (Lipinski definition) is 1. The lowest BCUT2D eigenvalue weighted by atomic mass is 10.1. The first-order chi connectivity index (χ1) is 9.14. The van der Waals surface area contributed by atoms with Gasteiger partial charge in [0.2, 0.25) is 0 Å². The van der Waals surface area contributed by atoms with E-state index in [2.05, 4.69) is 0 Å². The van der Waals surface area contributed by atoms with Gasteiger partial charge in [0.15, 0.2) is 17.8 Å². The first kappa shape index (κ1) is 15.1. The molecule has 1 rings (SSSR count). The molecule has 0 atom stereocenters. The Morgan fingerprint density at radius 3 is 2.32 bits per heavy atom. The van der Waals surface area contributed by atoms with Crippen LogP contribution in [-0.2, 0) is 0 Å². The third kappa shape index (κ3) is 2.92. The van der Waals surface area contributed by atoms with E-state index in [1.165, 1.54) is 7.11 Å². The van der Waals surface area contributed by atoms with Gasteiger partial charge in [-0.25, -0.2) is 0 Å². The molecule has 0 aliphatic carbocycles. The SMILES string of the molecule is CCOc1c(N(CC)CC)cc(O)c(C=O)c1OC. The van der Waals surface area contributed by atoms with Gasteiger partial charge in [-0.2, -0.15) is 0 Å². The summed E-state index contributed by atoms with van der Waals surface area (Å²) in [6, 6.07) is 1.55. The molecule has 0 aromatic heterocycles.